The molecule has 0 fully saturated rings. The van der Waals surface area contributed by atoms with Crippen molar-refractivity contribution in [2.24, 2.45) is 0 Å². The summed E-state index contributed by atoms with van der Waals surface area (Å²) in [6.07, 6.45) is 3.99. The highest BCUT2D eigenvalue weighted by atomic mass is 35.5. The molecule has 0 atom stereocenters. The summed E-state index contributed by atoms with van der Waals surface area (Å²) in [5, 5.41) is 2.92. The van der Waals surface area contributed by atoms with E-state index in [-0.39, 0.29) is 10.8 Å². The van der Waals surface area contributed by atoms with E-state index >= 15 is 0 Å². The van der Waals surface area contributed by atoms with E-state index in [1.807, 2.05) is 0 Å². The number of ether oxygens (including phenoxy) is 4. The number of carbonyl (C=O) groups is 2. The SMILES string of the molecule is COc1cc(/C=C/C(=O)OCC(=O)Nc2ncc(Cl)cc2Cl)cc(OC)c1OC. The second-order valence-corrected chi connectivity index (χ2v) is 6.28. The molecule has 2 rings (SSSR count). The third kappa shape index (κ3) is 6.27. The summed E-state index contributed by atoms with van der Waals surface area (Å²) in [7, 11) is 4.46. The van der Waals surface area contributed by atoms with Gasteiger partial charge in [0, 0.05) is 12.3 Å². The lowest BCUT2D eigenvalue weighted by molar-refractivity contribution is -0.142. The van der Waals surface area contributed by atoms with E-state index in [4.69, 9.17) is 42.1 Å². The number of nitrogens with zero attached hydrogens (tertiary/aromatic N) is 1. The third-order valence-corrected chi connectivity index (χ3v) is 4.00. The molecular weight excluding hydrogens is 423 g/mol. The van der Waals surface area contributed by atoms with Crippen LogP contribution in [0.1, 0.15) is 5.56 Å². The molecule has 154 valence electrons. The van der Waals surface area contributed by atoms with Crippen LogP contribution in [0.15, 0.2) is 30.5 Å². The number of benzene rings is 1. The first kappa shape index (κ1) is 22.3. The van der Waals surface area contributed by atoms with Gasteiger partial charge in [-0.15, -0.1) is 0 Å². The van der Waals surface area contributed by atoms with E-state index in [0.717, 1.165) is 0 Å². The Hall–Kier alpha value is -2.97. The number of anilines is 1. The Morgan fingerprint density at radius 3 is 2.28 bits per heavy atom. The monoisotopic (exact) mass is 440 g/mol. The lowest BCUT2D eigenvalue weighted by Gasteiger charge is -2.12. The largest absolute Gasteiger partial charge is 0.493 e. The Bertz CT molecular complexity index is 908. The van der Waals surface area contributed by atoms with Gasteiger partial charge in [0.1, 0.15) is 0 Å². The molecule has 1 heterocycles. The molecule has 2 aromatic rings. The molecular formula is C19H18Cl2N2O6. The van der Waals surface area contributed by atoms with Gasteiger partial charge in [-0.1, -0.05) is 23.2 Å². The van der Waals surface area contributed by atoms with Gasteiger partial charge >= 0.3 is 5.97 Å². The van der Waals surface area contributed by atoms with E-state index in [1.165, 1.54) is 45.7 Å². The van der Waals surface area contributed by atoms with Gasteiger partial charge in [0.15, 0.2) is 23.9 Å². The van der Waals surface area contributed by atoms with Gasteiger partial charge in [-0.25, -0.2) is 9.78 Å². The molecule has 0 unspecified atom stereocenters. The van der Waals surface area contributed by atoms with Crippen molar-refractivity contribution >= 4 is 47.0 Å². The first-order valence-corrected chi connectivity index (χ1v) is 8.89. The van der Waals surface area contributed by atoms with E-state index in [1.54, 1.807) is 12.1 Å². The second kappa shape index (κ2) is 10.5. The maximum absolute atomic E-state index is 11.9. The molecule has 0 bridgehead atoms. The van der Waals surface area contributed by atoms with Crippen LogP contribution in [0, 0.1) is 0 Å². The quantitative estimate of drug-likeness (QED) is 0.494. The zero-order valence-corrected chi connectivity index (χ0v) is 17.3. The predicted octanol–water partition coefficient (Wildman–Crippen LogP) is 3.61. The molecule has 29 heavy (non-hydrogen) atoms. The van der Waals surface area contributed by atoms with Crippen molar-refractivity contribution in [3.8, 4) is 17.2 Å². The number of hydrogen-bond acceptors (Lipinski definition) is 7. The molecule has 0 saturated carbocycles. The van der Waals surface area contributed by atoms with Crippen molar-refractivity contribution in [2.45, 2.75) is 0 Å². The predicted molar refractivity (Wildman–Crippen MR) is 109 cm³/mol. The number of nitrogens with one attached hydrogen (secondary N) is 1. The van der Waals surface area contributed by atoms with Crippen LogP contribution in [-0.4, -0.2) is 44.8 Å². The number of esters is 1. The minimum atomic E-state index is -0.718. The molecule has 1 aromatic carbocycles. The fourth-order valence-corrected chi connectivity index (χ4v) is 2.65. The van der Waals surface area contributed by atoms with Gasteiger partial charge in [0.25, 0.3) is 5.91 Å². The lowest BCUT2D eigenvalue weighted by atomic mass is 10.1. The van der Waals surface area contributed by atoms with Crippen molar-refractivity contribution < 1.29 is 28.5 Å². The van der Waals surface area contributed by atoms with Crippen LogP contribution in [0.5, 0.6) is 17.2 Å². The fraction of sp³-hybridized carbons (Fsp3) is 0.211. The van der Waals surface area contributed by atoms with Crippen molar-refractivity contribution in [1.82, 2.24) is 4.98 Å². The van der Waals surface area contributed by atoms with Gasteiger partial charge in [-0.3, -0.25) is 4.79 Å². The van der Waals surface area contributed by atoms with Crippen molar-refractivity contribution in [3.05, 3.63) is 46.1 Å². The average molecular weight is 441 g/mol. The number of hydrogen-bond donors (Lipinski definition) is 1. The van der Waals surface area contributed by atoms with Crippen LogP contribution in [0.4, 0.5) is 5.82 Å². The molecule has 0 aliphatic rings. The Balaban J connectivity index is 1.96. The number of rotatable bonds is 8. The van der Waals surface area contributed by atoms with E-state index in [9.17, 15) is 9.59 Å². The molecule has 8 nitrogen and oxygen atoms in total. The Morgan fingerprint density at radius 1 is 1.07 bits per heavy atom. The topological polar surface area (TPSA) is 96.0 Å². The molecule has 1 aromatic heterocycles. The summed E-state index contributed by atoms with van der Waals surface area (Å²) in [5.74, 6) is 0.101. The summed E-state index contributed by atoms with van der Waals surface area (Å²) in [6, 6.07) is 4.75. The summed E-state index contributed by atoms with van der Waals surface area (Å²) >= 11 is 11.7. The Morgan fingerprint density at radius 2 is 1.72 bits per heavy atom. The Labute approximate surface area is 177 Å². The molecule has 0 saturated heterocycles. The van der Waals surface area contributed by atoms with Gasteiger partial charge in [-0.05, 0) is 29.8 Å². The highest BCUT2D eigenvalue weighted by Gasteiger charge is 2.13. The summed E-state index contributed by atoms with van der Waals surface area (Å²) < 4.78 is 20.6. The summed E-state index contributed by atoms with van der Waals surface area (Å²) in [5.41, 5.74) is 0.609. The molecule has 1 amide bonds. The zero-order chi connectivity index (χ0) is 21.4. The van der Waals surface area contributed by atoms with E-state index in [0.29, 0.717) is 27.8 Å². The lowest BCUT2D eigenvalue weighted by Crippen LogP contribution is -2.20. The van der Waals surface area contributed by atoms with Crippen LogP contribution in [0.25, 0.3) is 6.08 Å². The summed E-state index contributed by atoms with van der Waals surface area (Å²) in [4.78, 5) is 27.6. The van der Waals surface area contributed by atoms with Gasteiger partial charge in [0.2, 0.25) is 5.75 Å². The number of amides is 1. The number of aromatic nitrogens is 1. The number of carbonyl (C=O) groups excluding carboxylic acids is 2. The van der Waals surface area contributed by atoms with Gasteiger partial charge in [-0.2, -0.15) is 0 Å². The highest BCUT2D eigenvalue weighted by Crippen LogP contribution is 2.38. The average Bonchev–Trinajstić information content (AvgIpc) is 2.71. The van der Waals surface area contributed by atoms with Crippen LogP contribution >= 0.6 is 23.2 Å². The minimum absolute atomic E-state index is 0.116. The van der Waals surface area contributed by atoms with Crippen molar-refractivity contribution in [1.29, 1.82) is 0 Å². The van der Waals surface area contributed by atoms with Crippen molar-refractivity contribution in [3.63, 3.8) is 0 Å². The van der Waals surface area contributed by atoms with Crippen LogP contribution in [0.3, 0.4) is 0 Å². The second-order valence-electron chi connectivity index (χ2n) is 5.43. The third-order valence-electron chi connectivity index (χ3n) is 3.51. The highest BCUT2D eigenvalue weighted by molar-refractivity contribution is 6.36. The van der Waals surface area contributed by atoms with Gasteiger partial charge < -0.3 is 24.3 Å². The maximum Gasteiger partial charge on any atom is 0.331 e. The summed E-state index contributed by atoms with van der Waals surface area (Å²) in [6.45, 7) is -0.515. The normalized spacial score (nSPS) is 10.5. The standard InChI is InChI=1S/C19H18Cl2N2O6/c1-26-14-6-11(7-15(27-2)18(14)28-3)4-5-17(25)29-10-16(24)23-19-13(21)8-12(20)9-22-19/h4-9H,10H2,1-3H3,(H,22,23,24)/b5-4+. The zero-order valence-electron chi connectivity index (χ0n) is 15.8. The Kier molecular flexibility index (Phi) is 8.11. The molecule has 10 heteroatoms. The van der Waals surface area contributed by atoms with Gasteiger partial charge in [0.05, 0.1) is 31.4 Å². The maximum atomic E-state index is 11.9. The molecule has 0 spiro atoms. The van der Waals surface area contributed by atoms with E-state index in [2.05, 4.69) is 10.3 Å². The van der Waals surface area contributed by atoms with Crippen LogP contribution in [0.2, 0.25) is 10.0 Å². The first-order valence-electron chi connectivity index (χ1n) is 8.13. The molecule has 0 radical (unpaired) electrons. The van der Waals surface area contributed by atoms with Crippen molar-refractivity contribution in [2.75, 3.05) is 33.3 Å². The number of pyridine rings is 1. The van der Waals surface area contributed by atoms with Crippen LogP contribution < -0.4 is 19.5 Å². The van der Waals surface area contributed by atoms with E-state index < -0.39 is 18.5 Å². The fourth-order valence-electron chi connectivity index (χ4n) is 2.22. The number of methoxy groups -OCH3 is 3. The smallest absolute Gasteiger partial charge is 0.331 e. The molecule has 1 N–H and O–H groups in total. The molecule has 0 aliphatic heterocycles. The minimum Gasteiger partial charge on any atom is -0.493 e. The first-order chi connectivity index (χ1) is 13.9. The van der Waals surface area contributed by atoms with Crippen LogP contribution in [-0.2, 0) is 14.3 Å². The number of halogens is 2. The molecule has 0 aliphatic carbocycles.